The second-order valence-corrected chi connectivity index (χ2v) is 9.35. The third kappa shape index (κ3) is 3.60. The lowest BCUT2D eigenvalue weighted by Gasteiger charge is -2.44. The maximum absolute atomic E-state index is 13.4. The van der Waals surface area contributed by atoms with Crippen molar-refractivity contribution in [1.82, 2.24) is 4.72 Å². The van der Waals surface area contributed by atoms with E-state index in [9.17, 15) is 12.8 Å². The summed E-state index contributed by atoms with van der Waals surface area (Å²) in [4.78, 5) is 0.116. The van der Waals surface area contributed by atoms with Gasteiger partial charge in [0.2, 0.25) is 10.0 Å². The number of fused-ring (bicyclic) bond motifs is 1. The molecule has 4 rings (SSSR count). The number of sulfonamides is 1. The van der Waals surface area contributed by atoms with Crippen LogP contribution in [0.25, 0.3) is 0 Å². The minimum absolute atomic E-state index is 0.116. The van der Waals surface area contributed by atoms with Gasteiger partial charge in [0.05, 0.1) is 10.9 Å². The zero-order valence-electron chi connectivity index (χ0n) is 15.4. The van der Waals surface area contributed by atoms with Crippen LogP contribution in [0.5, 0.6) is 5.75 Å². The maximum Gasteiger partial charge on any atom is 0.241 e. The van der Waals surface area contributed by atoms with Gasteiger partial charge in [-0.05, 0) is 62.4 Å². The predicted octanol–water partition coefficient (Wildman–Crippen LogP) is 4.64. The van der Waals surface area contributed by atoms with Crippen molar-refractivity contribution in [3.63, 3.8) is 0 Å². The van der Waals surface area contributed by atoms with E-state index in [4.69, 9.17) is 4.74 Å². The van der Waals surface area contributed by atoms with E-state index in [0.29, 0.717) is 12.0 Å². The smallest absolute Gasteiger partial charge is 0.241 e. The molecule has 2 aliphatic rings. The maximum atomic E-state index is 13.4. The second kappa shape index (κ2) is 6.91. The van der Waals surface area contributed by atoms with Gasteiger partial charge in [0, 0.05) is 12.0 Å². The largest absolute Gasteiger partial charge is 0.487 e. The summed E-state index contributed by atoms with van der Waals surface area (Å²) in [6, 6.07) is 11.0. The summed E-state index contributed by atoms with van der Waals surface area (Å²) < 4.78 is 48.7. The van der Waals surface area contributed by atoms with E-state index in [1.54, 1.807) is 6.92 Å². The molecule has 1 spiro atoms. The molecular weight excluding hydrogens is 365 g/mol. The van der Waals surface area contributed by atoms with Gasteiger partial charge < -0.3 is 4.74 Å². The highest BCUT2D eigenvalue weighted by molar-refractivity contribution is 7.89. The Balaban J connectivity index is 1.69. The van der Waals surface area contributed by atoms with Gasteiger partial charge >= 0.3 is 0 Å². The number of halogens is 1. The molecule has 1 atom stereocenters. The number of rotatable bonds is 3. The van der Waals surface area contributed by atoms with Crippen LogP contribution in [-0.4, -0.2) is 14.0 Å². The van der Waals surface area contributed by atoms with Crippen molar-refractivity contribution in [2.45, 2.75) is 62.0 Å². The number of hydrogen-bond acceptors (Lipinski definition) is 3. The Bertz CT molecular complexity index is 952. The van der Waals surface area contributed by atoms with Crippen LogP contribution < -0.4 is 9.46 Å². The SMILES string of the molecule is Cc1cc(F)ccc1S(=O)(=O)N[C@@H]1CC2(CCCCC2)Oc2ccccc21. The normalized spacial score (nSPS) is 21.5. The van der Waals surface area contributed by atoms with Crippen LogP contribution in [-0.2, 0) is 10.0 Å². The Morgan fingerprint density at radius 2 is 1.85 bits per heavy atom. The van der Waals surface area contributed by atoms with E-state index in [2.05, 4.69) is 4.72 Å². The molecule has 1 N–H and O–H groups in total. The first-order chi connectivity index (χ1) is 12.9. The fourth-order valence-corrected chi connectivity index (χ4v) is 5.83. The standard InChI is InChI=1S/C21H24FNO3S/c1-15-13-16(22)9-10-20(15)27(24,25)23-18-14-21(11-5-2-6-12-21)26-19-8-4-3-7-17(18)19/h3-4,7-10,13,18,23H,2,5-6,11-12,14H2,1H3/t18-/m1/s1. The van der Waals surface area contributed by atoms with E-state index >= 15 is 0 Å². The molecule has 1 aliphatic heterocycles. The van der Waals surface area contributed by atoms with Gasteiger partial charge in [0.1, 0.15) is 17.2 Å². The summed E-state index contributed by atoms with van der Waals surface area (Å²) in [5.41, 5.74) is 0.949. The summed E-state index contributed by atoms with van der Waals surface area (Å²) in [5.74, 6) is 0.318. The van der Waals surface area contributed by atoms with Crippen molar-refractivity contribution in [3.8, 4) is 5.75 Å². The first-order valence-electron chi connectivity index (χ1n) is 9.45. The number of ether oxygens (including phenoxy) is 1. The van der Waals surface area contributed by atoms with E-state index < -0.39 is 15.8 Å². The predicted molar refractivity (Wildman–Crippen MR) is 102 cm³/mol. The van der Waals surface area contributed by atoms with Gasteiger partial charge in [-0.1, -0.05) is 24.6 Å². The van der Waals surface area contributed by atoms with Gasteiger partial charge in [-0.15, -0.1) is 0 Å². The third-order valence-electron chi connectivity index (χ3n) is 5.69. The molecule has 0 bridgehead atoms. The zero-order chi connectivity index (χ0) is 19.1. The Hall–Kier alpha value is -1.92. The summed E-state index contributed by atoms with van der Waals surface area (Å²) >= 11 is 0. The van der Waals surface area contributed by atoms with Gasteiger partial charge in [0.15, 0.2) is 0 Å². The van der Waals surface area contributed by atoms with E-state index in [0.717, 1.165) is 37.0 Å². The minimum atomic E-state index is -3.78. The van der Waals surface area contributed by atoms with Crippen molar-refractivity contribution in [3.05, 3.63) is 59.4 Å². The molecule has 2 aromatic carbocycles. The Kier molecular flexibility index (Phi) is 4.72. The number of benzene rings is 2. The number of aryl methyl sites for hydroxylation is 1. The second-order valence-electron chi connectivity index (χ2n) is 7.67. The molecule has 4 nitrogen and oxygen atoms in total. The van der Waals surface area contributed by atoms with Gasteiger partial charge in [0.25, 0.3) is 0 Å². The lowest BCUT2D eigenvalue weighted by Crippen LogP contribution is -2.46. The number of hydrogen-bond donors (Lipinski definition) is 1. The topological polar surface area (TPSA) is 55.4 Å². The van der Waals surface area contributed by atoms with Crippen molar-refractivity contribution in [2.75, 3.05) is 0 Å². The molecule has 0 saturated heterocycles. The molecule has 6 heteroatoms. The molecule has 2 aromatic rings. The van der Waals surface area contributed by atoms with Gasteiger partial charge in [-0.3, -0.25) is 0 Å². The third-order valence-corrected chi connectivity index (χ3v) is 7.32. The van der Waals surface area contributed by atoms with Crippen LogP contribution in [0.2, 0.25) is 0 Å². The molecule has 0 unspecified atom stereocenters. The minimum Gasteiger partial charge on any atom is -0.487 e. The molecule has 0 amide bonds. The average Bonchev–Trinajstić information content (AvgIpc) is 2.61. The zero-order valence-corrected chi connectivity index (χ0v) is 16.2. The molecule has 1 heterocycles. The van der Waals surface area contributed by atoms with Gasteiger partial charge in [-0.2, -0.15) is 0 Å². The van der Waals surface area contributed by atoms with Crippen molar-refractivity contribution >= 4 is 10.0 Å². The molecule has 1 aliphatic carbocycles. The number of nitrogens with one attached hydrogen (secondary N) is 1. The lowest BCUT2D eigenvalue weighted by molar-refractivity contribution is 0.0000754. The van der Waals surface area contributed by atoms with Crippen LogP contribution in [0, 0.1) is 12.7 Å². The Morgan fingerprint density at radius 3 is 2.59 bits per heavy atom. The van der Waals surface area contributed by atoms with Crippen LogP contribution in [0.3, 0.4) is 0 Å². The average molecular weight is 389 g/mol. The van der Waals surface area contributed by atoms with Crippen molar-refractivity contribution < 1.29 is 17.5 Å². The summed E-state index contributed by atoms with van der Waals surface area (Å²) in [6.45, 7) is 1.61. The Labute approximate surface area is 159 Å². The Morgan fingerprint density at radius 1 is 1.11 bits per heavy atom. The summed E-state index contributed by atoms with van der Waals surface area (Å²) in [7, 11) is -3.78. The van der Waals surface area contributed by atoms with Crippen molar-refractivity contribution in [1.29, 1.82) is 0 Å². The monoisotopic (exact) mass is 389 g/mol. The summed E-state index contributed by atoms with van der Waals surface area (Å²) in [5, 5.41) is 0. The van der Waals surface area contributed by atoms with Crippen molar-refractivity contribution in [2.24, 2.45) is 0 Å². The lowest BCUT2D eigenvalue weighted by atomic mass is 9.77. The highest BCUT2D eigenvalue weighted by Crippen LogP contribution is 2.46. The quantitative estimate of drug-likeness (QED) is 0.832. The van der Waals surface area contributed by atoms with E-state index in [1.165, 1.54) is 24.6 Å². The molecule has 0 radical (unpaired) electrons. The van der Waals surface area contributed by atoms with E-state index in [1.807, 2.05) is 24.3 Å². The fourth-order valence-electron chi connectivity index (χ4n) is 4.39. The van der Waals surface area contributed by atoms with Gasteiger partial charge in [-0.25, -0.2) is 17.5 Å². The highest BCUT2D eigenvalue weighted by Gasteiger charge is 2.43. The highest BCUT2D eigenvalue weighted by atomic mass is 32.2. The van der Waals surface area contributed by atoms with Crippen LogP contribution >= 0.6 is 0 Å². The van der Waals surface area contributed by atoms with Crippen LogP contribution in [0.4, 0.5) is 4.39 Å². The molecular formula is C21H24FNO3S. The summed E-state index contributed by atoms with van der Waals surface area (Å²) in [6.07, 6.45) is 5.88. The fraction of sp³-hybridized carbons (Fsp3) is 0.429. The molecule has 144 valence electrons. The van der Waals surface area contributed by atoms with Crippen LogP contribution in [0.15, 0.2) is 47.4 Å². The number of para-hydroxylation sites is 1. The first-order valence-corrected chi connectivity index (χ1v) is 10.9. The molecule has 0 aromatic heterocycles. The molecule has 1 fully saturated rings. The molecule has 27 heavy (non-hydrogen) atoms. The van der Waals surface area contributed by atoms with Crippen LogP contribution in [0.1, 0.15) is 55.7 Å². The molecule has 1 saturated carbocycles. The van der Waals surface area contributed by atoms with E-state index in [-0.39, 0.29) is 16.5 Å². The first kappa shape index (κ1) is 18.4.